The van der Waals surface area contributed by atoms with E-state index in [1.54, 1.807) is 25.6 Å². The molecule has 4 aromatic rings. The van der Waals surface area contributed by atoms with Crippen molar-refractivity contribution in [3.05, 3.63) is 140 Å². The van der Waals surface area contributed by atoms with E-state index in [4.69, 9.17) is 9.47 Å². The Hall–Kier alpha value is -4.24. The van der Waals surface area contributed by atoms with Crippen molar-refractivity contribution < 1.29 is 23.9 Å². The average Bonchev–Trinajstić information content (AvgIpc) is 3.05. The number of carbonyl (C=O) groups excluding carboxylic acids is 3. The summed E-state index contributed by atoms with van der Waals surface area (Å²) in [5.41, 5.74) is 3.20. The van der Waals surface area contributed by atoms with Gasteiger partial charge in [0.05, 0.1) is 0 Å². The minimum Gasteiger partial charge on any atom is -0.489 e. The molecule has 0 saturated heterocycles. The lowest BCUT2D eigenvalue weighted by Crippen LogP contribution is -2.10. The molecule has 0 N–H and O–H groups in total. The van der Waals surface area contributed by atoms with Crippen LogP contribution in [0.1, 0.15) is 13.8 Å². The Morgan fingerprint density at radius 2 is 1.11 bits per heavy atom. The molecule has 0 radical (unpaired) electrons. The third kappa shape index (κ3) is 12.3. The molecule has 0 heterocycles. The first-order valence-corrected chi connectivity index (χ1v) is 16.3. The summed E-state index contributed by atoms with van der Waals surface area (Å²) in [7, 11) is 0. The van der Waals surface area contributed by atoms with Crippen molar-refractivity contribution in [2.75, 3.05) is 13.2 Å². The number of rotatable bonds is 12. The van der Waals surface area contributed by atoms with Gasteiger partial charge in [0.15, 0.2) is 0 Å². The topological polar surface area (TPSA) is 69.7 Å². The van der Waals surface area contributed by atoms with Gasteiger partial charge < -0.3 is 9.47 Å². The summed E-state index contributed by atoms with van der Waals surface area (Å²) in [6, 6.07) is 33.5. The molecule has 0 spiro atoms. The van der Waals surface area contributed by atoms with Crippen LogP contribution < -0.4 is 4.74 Å². The lowest BCUT2D eigenvalue weighted by atomic mass is 10.1. The van der Waals surface area contributed by atoms with Gasteiger partial charge in [-0.05, 0) is 109 Å². The summed E-state index contributed by atoms with van der Waals surface area (Å²) in [6.45, 7) is 14.6. The predicted molar refractivity (Wildman–Crippen MR) is 187 cm³/mol. The summed E-state index contributed by atoms with van der Waals surface area (Å²) >= 11 is 4.01. The maximum absolute atomic E-state index is 11.7. The Kier molecular flexibility index (Phi) is 14.5. The molecule has 8 heteroatoms. The van der Waals surface area contributed by atoms with Crippen molar-refractivity contribution in [1.82, 2.24) is 0 Å². The predicted octanol–water partition coefficient (Wildman–Crippen LogP) is 9.69. The lowest BCUT2D eigenvalue weighted by Gasteiger charge is -2.11. The molecule has 45 heavy (non-hydrogen) atoms. The van der Waals surface area contributed by atoms with E-state index >= 15 is 0 Å². The van der Waals surface area contributed by atoms with Crippen LogP contribution >= 0.6 is 35.3 Å². The quantitative estimate of drug-likeness (QED) is 0.0647. The summed E-state index contributed by atoms with van der Waals surface area (Å²) < 4.78 is 10.6. The largest absolute Gasteiger partial charge is 0.489 e. The average molecular weight is 655 g/mol. The zero-order valence-corrected chi connectivity index (χ0v) is 27.6. The van der Waals surface area contributed by atoms with Gasteiger partial charge in [-0.1, -0.05) is 80.0 Å². The van der Waals surface area contributed by atoms with E-state index in [1.807, 2.05) is 103 Å². The van der Waals surface area contributed by atoms with Crippen LogP contribution in [0.15, 0.2) is 160 Å². The van der Waals surface area contributed by atoms with Crippen molar-refractivity contribution in [2.24, 2.45) is 0 Å². The summed E-state index contributed by atoms with van der Waals surface area (Å²) in [4.78, 5) is 38.2. The van der Waals surface area contributed by atoms with Gasteiger partial charge >= 0.3 is 5.97 Å². The highest BCUT2D eigenvalue weighted by Gasteiger charge is 2.08. The van der Waals surface area contributed by atoms with Crippen LogP contribution in [0, 0.1) is 0 Å². The van der Waals surface area contributed by atoms with E-state index in [1.165, 1.54) is 23.5 Å². The molecule has 0 aliphatic heterocycles. The molecular weight excluding hydrogens is 621 g/mol. The number of hydrogen-bond donors (Lipinski definition) is 0. The molecule has 4 aromatic carbocycles. The number of esters is 1. The van der Waals surface area contributed by atoms with Gasteiger partial charge in [0.2, 0.25) is 10.2 Å². The van der Waals surface area contributed by atoms with Crippen LogP contribution in [0.3, 0.4) is 0 Å². The lowest BCUT2D eigenvalue weighted by molar-refractivity contribution is -0.138. The first-order chi connectivity index (χ1) is 21.7. The highest BCUT2D eigenvalue weighted by atomic mass is 32.2. The normalized spacial score (nSPS) is 10.1. The molecule has 0 atom stereocenters. The number of ether oxygens (including phenoxy) is 2. The zero-order valence-electron chi connectivity index (χ0n) is 25.2. The van der Waals surface area contributed by atoms with Gasteiger partial charge in [0, 0.05) is 31.2 Å². The number of para-hydroxylation sites is 1. The highest BCUT2D eigenvalue weighted by molar-refractivity contribution is 8.14. The molecular formula is C37H34O5S3. The second-order valence-corrected chi connectivity index (χ2v) is 12.7. The molecule has 0 bridgehead atoms. The van der Waals surface area contributed by atoms with Crippen LogP contribution in [0.5, 0.6) is 5.75 Å². The Bertz CT molecular complexity index is 1560. The fourth-order valence-corrected chi connectivity index (χ4v) is 5.61. The van der Waals surface area contributed by atoms with E-state index in [0.717, 1.165) is 42.5 Å². The molecule has 0 unspecified atom stereocenters. The molecule has 0 fully saturated rings. The fourth-order valence-electron chi connectivity index (χ4n) is 3.48. The van der Waals surface area contributed by atoms with Gasteiger partial charge in [-0.15, -0.1) is 0 Å². The Balaban J connectivity index is 0.000000251. The van der Waals surface area contributed by atoms with Crippen molar-refractivity contribution >= 4 is 51.5 Å². The molecule has 0 amide bonds. The van der Waals surface area contributed by atoms with E-state index in [0.29, 0.717) is 17.8 Å². The fraction of sp³-hybridized carbons (Fsp3) is 0.108. The van der Waals surface area contributed by atoms with Gasteiger partial charge in [0.25, 0.3) is 0 Å². The van der Waals surface area contributed by atoms with Crippen LogP contribution in [-0.4, -0.2) is 29.4 Å². The smallest absolute Gasteiger partial charge is 0.330 e. The molecule has 4 rings (SSSR count). The SMILES string of the molecule is C=C(C)C(=O)Sc1ccc(Sc2ccc(SC(=O)C(=C)C)cc2)cc1.C=CC(=O)OCCOc1ccccc1-c1ccccc1. The van der Waals surface area contributed by atoms with E-state index in [-0.39, 0.29) is 16.8 Å². The van der Waals surface area contributed by atoms with Crippen LogP contribution in [-0.2, 0) is 19.1 Å². The van der Waals surface area contributed by atoms with E-state index < -0.39 is 5.97 Å². The van der Waals surface area contributed by atoms with Crippen molar-refractivity contribution in [1.29, 1.82) is 0 Å². The Morgan fingerprint density at radius 3 is 1.60 bits per heavy atom. The van der Waals surface area contributed by atoms with Gasteiger partial charge in [0.1, 0.15) is 19.0 Å². The second-order valence-electron chi connectivity index (χ2n) is 9.47. The minimum absolute atomic E-state index is 0.0159. The third-order valence-corrected chi connectivity index (χ3v) is 8.82. The van der Waals surface area contributed by atoms with Crippen LogP contribution in [0.4, 0.5) is 0 Å². The third-order valence-electron chi connectivity index (χ3n) is 5.72. The summed E-state index contributed by atoms with van der Waals surface area (Å²) in [6.07, 6.45) is 1.14. The maximum atomic E-state index is 11.7. The first kappa shape index (κ1) is 35.2. The van der Waals surface area contributed by atoms with Gasteiger partial charge in [-0.25, -0.2) is 4.79 Å². The molecule has 0 aliphatic rings. The number of hydrogen-bond acceptors (Lipinski definition) is 8. The first-order valence-electron chi connectivity index (χ1n) is 13.9. The standard InChI is InChI=1S/C20H18O2S3.C17H16O3/c1-13(2)19(21)24-17-9-5-15(6-10-17)23-16-7-11-18(12-8-16)25-20(22)14(3)4;1-2-17(18)20-13-12-19-16-11-7-6-10-15(16)14-8-4-3-5-9-14/h5-12H,1,3H2,2,4H3;2-11H,1,12-13H2. The zero-order chi connectivity index (χ0) is 32.6. The van der Waals surface area contributed by atoms with Gasteiger partial charge in [-0.3, -0.25) is 9.59 Å². The number of thioether (sulfide) groups is 2. The molecule has 0 aromatic heterocycles. The summed E-state index contributed by atoms with van der Waals surface area (Å²) in [5.74, 6) is 0.332. The monoisotopic (exact) mass is 654 g/mol. The van der Waals surface area contributed by atoms with Gasteiger partial charge in [-0.2, -0.15) is 0 Å². The summed E-state index contributed by atoms with van der Waals surface area (Å²) in [5, 5.41) is -0.0319. The van der Waals surface area contributed by atoms with Crippen molar-refractivity contribution in [3.63, 3.8) is 0 Å². The maximum Gasteiger partial charge on any atom is 0.330 e. The van der Waals surface area contributed by atoms with E-state index in [2.05, 4.69) is 19.7 Å². The molecule has 5 nitrogen and oxygen atoms in total. The Morgan fingerprint density at radius 1 is 0.644 bits per heavy atom. The molecule has 0 saturated carbocycles. The molecule has 0 aliphatic carbocycles. The van der Waals surface area contributed by atoms with Crippen LogP contribution in [0.2, 0.25) is 0 Å². The highest BCUT2D eigenvalue weighted by Crippen LogP contribution is 2.32. The van der Waals surface area contributed by atoms with E-state index in [9.17, 15) is 14.4 Å². The molecule has 230 valence electrons. The Labute approximate surface area is 277 Å². The second kappa shape index (κ2) is 18.5. The van der Waals surface area contributed by atoms with Crippen molar-refractivity contribution in [2.45, 2.75) is 33.4 Å². The van der Waals surface area contributed by atoms with Crippen molar-refractivity contribution in [3.8, 4) is 16.9 Å². The number of carbonyl (C=O) groups is 3. The minimum atomic E-state index is -0.440. The van der Waals surface area contributed by atoms with Crippen LogP contribution in [0.25, 0.3) is 11.1 Å². The number of benzene rings is 4.